The first-order valence-electron chi connectivity index (χ1n) is 9.05. The van der Waals surface area contributed by atoms with Gasteiger partial charge in [0, 0.05) is 5.39 Å². The quantitative estimate of drug-likeness (QED) is 0.541. The number of ether oxygens (including phenoxy) is 1. The Balaban J connectivity index is 1.57. The second kappa shape index (κ2) is 7.31. The molecule has 0 fully saturated rings. The van der Waals surface area contributed by atoms with Crippen LogP contribution in [0.25, 0.3) is 21.9 Å². The van der Waals surface area contributed by atoms with Gasteiger partial charge in [0.2, 0.25) is 5.91 Å². The SMILES string of the molecule is COc1cccc2cc(C(C)NC(=O)Cn3c(=O)[nH]c4ccccc4c3=O)oc12. The molecule has 8 nitrogen and oxygen atoms in total. The van der Waals surface area contributed by atoms with E-state index in [9.17, 15) is 14.4 Å². The lowest BCUT2D eigenvalue weighted by molar-refractivity contribution is -0.122. The molecule has 2 aromatic heterocycles. The van der Waals surface area contributed by atoms with E-state index in [4.69, 9.17) is 9.15 Å². The van der Waals surface area contributed by atoms with Gasteiger partial charge in [0.05, 0.1) is 24.1 Å². The van der Waals surface area contributed by atoms with Crippen LogP contribution in [-0.2, 0) is 11.3 Å². The third-order valence-electron chi connectivity index (χ3n) is 4.74. The van der Waals surface area contributed by atoms with Gasteiger partial charge in [0.25, 0.3) is 5.56 Å². The minimum atomic E-state index is -0.634. The molecular formula is C21H19N3O5. The number of methoxy groups -OCH3 is 1. The van der Waals surface area contributed by atoms with E-state index in [0.29, 0.717) is 28.0 Å². The van der Waals surface area contributed by atoms with Crippen molar-refractivity contribution in [2.75, 3.05) is 7.11 Å². The number of amides is 1. The number of rotatable bonds is 5. The minimum Gasteiger partial charge on any atom is -0.493 e. The van der Waals surface area contributed by atoms with Crippen LogP contribution in [0.1, 0.15) is 18.7 Å². The zero-order valence-electron chi connectivity index (χ0n) is 15.9. The van der Waals surface area contributed by atoms with Gasteiger partial charge in [-0.15, -0.1) is 0 Å². The normalized spacial score (nSPS) is 12.2. The van der Waals surface area contributed by atoms with Crippen LogP contribution in [0.15, 0.2) is 62.5 Å². The first-order chi connectivity index (χ1) is 14.0. The predicted molar refractivity (Wildman–Crippen MR) is 108 cm³/mol. The molecular weight excluding hydrogens is 374 g/mol. The topological polar surface area (TPSA) is 106 Å². The van der Waals surface area contributed by atoms with E-state index in [0.717, 1.165) is 9.95 Å². The number of furan rings is 1. The summed E-state index contributed by atoms with van der Waals surface area (Å²) in [5.74, 6) is 0.659. The molecule has 4 rings (SSSR count). The number of aromatic nitrogens is 2. The summed E-state index contributed by atoms with van der Waals surface area (Å²) in [4.78, 5) is 39.9. The Morgan fingerprint density at radius 1 is 1.21 bits per heavy atom. The first-order valence-corrected chi connectivity index (χ1v) is 9.05. The molecule has 1 atom stereocenters. The molecule has 0 aliphatic heterocycles. The Morgan fingerprint density at radius 3 is 2.79 bits per heavy atom. The van der Waals surface area contributed by atoms with E-state index >= 15 is 0 Å². The molecule has 0 aliphatic carbocycles. The Kier molecular flexibility index (Phi) is 4.67. The zero-order valence-corrected chi connectivity index (χ0v) is 15.9. The number of hydrogen-bond donors (Lipinski definition) is 2. The lowest BCUT2D eigenvalue weighted by Gasteiger charge is -2.12. The first kappa shape index (κ1) is 18.5. The van der Waals surface area contributed by atoms with Crippen molar-refractivity contribution < 1.29 is 13.9 Å². The molecule has 0 aliphatic rings. The zero-order chi connectivity index (χ0) is 20.5. The van der Waals surface area contributed by atoms with Crippen LogP contribution < -0.4 is 21.3 Å². The van der Waals surface area contributed by atoms with Crippen molar-refractivity contribution in [3.8, 4) is 5.75 Å². The van der Waals surface area contributed by atoms with Crippen LogP contribution in [0, 0.1) is 0 Å². The molecule has 2 N–H and O–H groups in total. The average Bonchev–Trinajstić information content (AvgIpc) is 3.15. The summed E-state index contributed by atoms with van der Waals surface area (Å²) in [6, 6.07) is 13.5. The molecule has 4 aromatic rings. The fraction of sp³-hybridized carbons (Fsp3) is 0.190. The van der Waals surface area contributed by atoms with Crippen molar-refractivity contribution in [1.82, 2.24) is 14.9 Å². The van der Waals surface area contributed by atoms with Crippen molar-refractivity contribution in [3.63, 3.8) is 0 Å². The van der Waals surface area contributed by atoms with Crippen LogP contribution in [0.5, 0.6) is 5.75 Å². The van der Waals surface area contributed by atoms with E-state index in [1.165, 1.54) is 0 Å². The molecule has 0 radical (unpaired) electrons. The highest BCUT2D eigenvalue weighted by atomic mass is 16.5. The summed E-state index contributed by atoms with van der Waals surface area (Å²) in [5.41, 5.74) is -0.123. The van der Waals surface area contributed by atoms with E-state index in [2.05, 4.69) is 10.3 Å². The highest BCUT2D eigenvalue weighted by molar-refractivity contribution is 5.84. The molecule has 0 saturated carbocycles. The molecule has 0 bridgehead atoms. The van der Waals surface area contributed by atoms with Gasteiger partial charge in [-0.05, 0) is 31.2 Å². The Bertz CT molecular complexity index is 1330. The largest absolute Gasteiger partial charge is 0.493 e. The average molecular weight is 393 g/mol. The standard InChI is InChI=1S/C21H19N3O5/c1-12(17-10-13-6-5-9-16(28-2)19(13)29-17)22-18(25)11-24-20(26)14-7-3-4-8-15(14)23-21(24)27/h3-10,12H,11H2,1-2H3,(H,22,25)(H,23,27). The van der Waals surface area contributed by atoms with Gasteiger partial charge in [-0.1, -0.05) is 24.3 Å². The van der Waals surface area contributed by atoms with Gasteiger partial charge in [-0.3, -0.25) is 14.2 Å². The van der Waals surface area contributed by atoms with Crippen molar-refractivity contribution in [2.45, 2.75) is 19.5 Å². The highest BCUT2D eigenvalue weighted by Crippen LogP contribution is 2.30. The van der Waals surface area contributed by atoms with Crippen molar-refractivity contribution in [1.29, 1.82) is 0 Å². The van der Waals surface area contributed by atoms with Crippen molar-refractivity contribution in [3.05, 3.63) is 75.1 Å². The van der Waals surface area contributed by atoms with E-state index in [1.54, 1.807) is 44.4 Å². The van der Waals surface area contributed by atoms with Gasteiger partial charge >= 0.3 is 5.69 Å². The molecule has 2 heterocycles. The maximum Gasteiger partial charge on any atom is 0.329 e. The molecule has 8 heteroatoms. The third kappa shape index (κ3) is 3.40. The predicted octanol–water partition coefficient (Wildman–Crippen LogP) is 2.32. The van der Waals surface area contributed by atoms with Crippen LogP contribution in [0.2, 0.25) is 0 Å². The van der Waals surface area contributed by atoms with Crippen molar-refractivity contribution >= 4 is 27.8 Å². The summed E-state index contributed by atoms with van der Waals surface area (Å²) in [7, 11) is 1.56. The second-order valence-electron chi connectivity index (χ2n) is 6.68. The Morgan fingerprint density at radius 2 is 2.00 bits per heavy atom. The second-order valence-corrected chi connectivity index (χ2v) is 6.68. The Labute approximate surface area is 164 Å². The van der Waals surface area contributed by atoms with Gasteiger partial charge in [0.15, 0.2) is 11.3 Å². The number of hydrogen-bond acceptors (Lipinski definition) is 5. The number of fused-ring (bicyclic) bond motifs is 2. The smallest absolute Gasteiger partial charge is 0.329 e. The molecule has 29 heavy (non-hydrogen) atoms. The van der Waals surface area contributed by atoms with Gasteiger partial charge in [-0.2, -0.15) is 0 Å². The molecule has 1 unspecified atom stereocenters. The summed E-state index contributed by atoms with van der Waals surface area (Å²) in [6.07, 6.45) is 0. The number of nitrogens with one attached hydrogen (secondary N) is 2. The number of benzene rings is 2. The highest BCUT2D eigenvalue weighted by Gasteiger charge is 2.18. The number of aromatic amines is 1. The van der Waals surface area contributed by atoms with Crippen molar-refractivity contribution in [2.24, 2.45) is 0 Å². The molecule has 2 aromatic carbocycles. The van der Waals surface area contributed by atoms with Gasteiger partial charge in [0.1, 0.15) is 12.3 Å². The summed E-state index contributed by atoms with van der Waals surface area (Å²) >= 11 is 0. The monoisotopic (exact) mass is 393 g/mol. The number of carbonyl (C=O) groups is 1. The fourth-order valence-corrected chi connectivity index (χ4v) is 3.27. The number of para-hydroxylation sites is 2. The number of carbonyl (C=O) groups excluding carboxylic acids is 1. The molecule has 0 saturated heterocycles. The minimum absolute atomic E-state index is 0.345. The van der Waals surface area contributed by atoms with Crippen LogP contribution in [-0.4, -0.2) is 22.6 Å². The maximum absolute atomic E-state index is 12.6. The fourth-order valence-electron chi connectivity index (χ4n) is 3.27. The number of nitrogens with zero attached hydrogens (tertiary/aromatic N) is 1. The van der Waals surface area contributed by atoms with Crippen LogP contribution >= 0.6 is 0 Å². The molecule has 148 valence electrons. The summed E-state index contributed by atoms with van der Waals surface area (Å²) in [5, 5.41) is 3.95. The molecule has 1 amide bonds. The van der Waals surface area contributed by atoms with E-state index in [1.807, 2.05) is 18.2 Å². The lowest BCUT2D eigenvalue weighted by Crippen LogP contribution is -2.41. The molecule has 0 spiro atoms. The van der Waals surface area contributed by atoms with E-state index in [-0.39, 0.29) is 0 Å². The summed E-state index contributed by atoms with van der Waals surface area (Å²) in [6.45, 7) is 1.36. The number of H-pyrrole nitrogens is 1. The van der Waals surface area contributed by atoms with Crippen LogP contribution in [0.4, 0.5) is 0 Å². The van der Waals surface area contributed by atoms with E-state index < -0.39 is 29.7 Å². The maximum atomic E-state index is 12.6. The third-order valence-corrected chi connectivity index (χ3v) is 4.74. The van der Waals surface area contributed by atoms with Crippen LogP contribution in [0.3, 0.4) is 0 Å². The Hall–Kier alpha value is -3.81. The van der Waals surface area contributed by atoms with Gasteiger partial charge < -0.3 is 19.5 Å². The lowest BCUT2D eigenvalue weighted by atomic mass is 10.2. The van der Waals surface area contributed by atoms with Gasteiger partial charge in [-0.25, -0.2) is 4.79 Å². The summed E-state index contributed by atoms with van der Waals surface area (Å²) < 4.78 is 12.0.